The minimum atomic E-state index is -3.86. The zero-order valence-electron chi connectivity index (χ0n) is 23.0. The molecular formula is C27H39N3O6S. The van der Waals surface area contributed by atoms with Crippen molar-refractivity contribution in [3.05, 3.63) is 53.6 Å². The van der Waals surface area contributed by atoms with Crippen LogP contribution in [0.4, 0.5) is 5.69 Å². The second-order valence-electron chi connectivity index (χ2n) is 9.92. The molecule has 0 spiro atoms. The highest BCUT2D eigenvalue weighted by atomic mass is 32.2. The summed E-state index contributed by atoms with van der Waals surface area (Å²) in [6.07, 6.45) is 1.39. The molecule has 37 heavy (non-hydrogen) atoms. The molecule has 0 aliphatic carbocycles. The highest BCUT2D eigenvalue weighted by Crippen LogP contribution is 2.32. The van der Waals surface area contributed by atoms with Crippen molar-refractivity contribution >= 4 is 27.5 Å². The van der Waals surface area contributed by atoms with Crippen molar-refractivity contribution in [1.29, 1.82) is 0 Å². The normalized spacial score (nSPS) is 12.4. The van der Waals surface area contributed by atoms with E-state index in [4.69, 9.17) is 9.47 Å². The first-order valence-corrected chi connectivity index (χ1v) is 13.9. The lowest BCUT2D eigenvalue weighted by molar-refractivity contribution is -0.141. The summed E-state index contributed by atoms with van der Waals surface area (Å²) in [6, 6.07) is 11.4. The Balaban J connectivity index is 2.52. The summed E-state index contributed by atoms with van der Waals surface area (Å²) >= 11 is 0. The molecule has 0 aliphatic rings. The van der Waals surface area contributed by atoms with Gasteiger partial charge in [0.05, 0.1) is 26.2 Å². The summed E-state index contributed by atoms with van der Waals surface area (Å²) in [5.74, 6) is -0.0423. The molecule has 0 aromatic heterocycles. The second-order valence-corrected chi connectivity index (χ2v) is 11.8. The van der Waals surface area contributed by atoms with Crippen LogP contribution >= 0.6 is 0 Å². The smallest absolute Gasteiger partial charge is 0.244 e. The van der Waals surface area contributed by atoms with Gasteiger partial charge in [-0.1, -0.05) is 31.2 Å². The summed E-state index contributed by atoms with van der Waals surface area (Å²) in [5.41, 5.74) is 1.58. The Kier molecular flexibility index (Phi) is 9.97. The Bertz CT molecular complexity index is 1210. The number of rotatable bonds is 11. The second kappa shape index (κ2) is 12.3. The fourth-order valence-electron chi connectivity index (χ4n) is 3.94. The molecule has 0 saturated heterocycles. The van der Waals surface area contributed by atoms with Gasteiger partial charge in [0.1, 0.15) is 12.6 Å². The average Bonchev–Trinajstić information content (AvgIpc) is 2.81. The number of anilines is 1. The third-order valence-corrected chi connectivity index (χ3v) is 6.96. The SMILES string of the molecule is CC[C@H](C(=O)NC(C)(C)C)N(Cc1ccccc1C)C(=O)CN(c1ccc(OC)c(OC)c1)S(C)(=O)=O. The number of aryl methyl sites for hydroxylation is 1. The maximum atomic E-state index is 13.8. The van der Waals surface area contributed by atoms with Crippen molar-refractivity contribution in [1.82, 2.24) is 10.2 Å². The third-order valence-electron chi connectivity index (χ3n) is 5.82. The van der Waals surface area contributed by atoms with E-state index in [-0.39, 0.29) is 18.1 Å². The molecule has 1 atom stereocenters. The van der Waals surface area contributed by atoms with Gasteiger partial charge in [-0.15, -0.1) is 0 Å². The fourth-order valence-corrected chi connectivity index (χ4v) is 4.78. The molecule has 10 heteroatoms. The summed E-state index contributed by atoms with van der Waals surface area (Å²) in [6.45, 7) is 9.04. The number of ether oxygens (including phenoxy) is 2. The van der Waals surface area contributed by atoms with Crippen LogP contribution in [0.5, 0.6) is 11.5 Å². The predicted molar refractivity (Wildman–Crippen MR) is 145 cm³/mol. The summed E-state index contributed by atoms with van der Waals surface area (Å²) in [7, 11) is -0.941. The summed E-state index contributed by atoms with van der Waals surface area (Å²) < 4.78 is 37.2. The lowest BCUT2D eigenvalue weighted by Gasteiger charge is -2.34. The van der Waals surface area contributed by atoms with Gasteiger partial charge in [0, 0.05) is 18.2 Å². The largest absolute Gasteiger partial charge is 0.493 e. The number of nitrogens with zero attached hydrogens (tertiary/aromatic N) is 2. The molecule has 2 aromatic carbocycles. The number of sulfonamides is 1. The lowest BCUT2D eigenvalue weighted by Crippen LogP contribution is -2.55. The van der Waals surface area contributed by atoms with Gasteiger partial charge < -0.3 is 19.7 Å². The van der Waals surface area contributed by atoms with Crippen LogP contribution in [0.2, 0.25) is 0 Å². The molecule has 0 bridgehead atoms. The number of benzene rings is 2. The summed E-state index contributed by atoms with van der Waals surface area (Å²) in [4.78, 5) is 28.5. The minimum Gasteiger partial charge on any atom is -0.493 e. The third kappa shape index (κ3) is 8.11. The van der Waals surface area contributed by atoms with Crippen LogP contribution in [0, 0.1) is 6.92 Å². The molecule has 9 nitrogen and oxygen atoms in total. The maximum absolute atomic E-state index is 13.8. The van der Waals surface area contributed by atoms with Gasteiger partial charge >= 0.3 is 0 Å². The van der Waals surface area contributed by atoms with Gasteiger partial charge in [-0.25, -0.2) is 8.42 Å². The highest BCUT2D eigenvalue weighted by molar-refractivity contribution is 7.92. The molecule has 0 aliphatic heterocycles. The van der Waals surface area contributed by atoms with E-state index in [1.807, 2.05) is 58.9 Å². The molecule has 0 radical (unpaired) electrons. The summed E-state index contributed by atoms with van der Waals surface area (Å²) in [5, 5.41) is 2.95. The van der Waals surface area contributed by atoms with E-state index in [9.17, 15) is 18.0 Å². The van der Waals surface area contributed by atoms with E-state index in [0.717, 1.165) is 21.7 Å². The van der Waals surface area contributed by atoms with Crippen molar-refractivity contribution in [2.24, 2.45) is 0 Å². The monoisotopic (exact) mass is 533 g/mol. The molecule has 1 N–H and O–H groups in total. The molecule has 204 valence electrons. The van der Waals surface area contributed by atoms with Gasteiger partial charge in [0.15, 0.2) is 11.5 Å². The van der Waals surface area contributed by atoms with Gasteiger partial charge in [-0.05, 0) is 57.4 Å². The van der Waals surface area contributed by atoms with Gasteiger partial charge in [-0.2, -0.15) is 0 Å². The molecular weight excluding hydrogens is 494 g/mol. The highest BCUT2D eigenvalue weighted by Gasteiger charge is 2.33. The molecule has 2 amide bonds. The molecule has 2 rings (SSSR count). The number of carbonyl (C=O) groups excluding carboxylic acids is 2. The van der Waals surface area contributed by atoms with E-state index in [1.165, 1.54) is 25.2 Å². The van der Waals surface area contributed by atoms with E-state index in [1.54, 1.807) is 12.1 Å². The van der Waals surface area contributed by atoms with Crippen LogP contribution < -0.4 is 19.1 Å². The Labute approximate surface area is 220 Å². The van der Waals surface area contributed by atoms with Crippen LogP contribution in [0.3, 0.4) is 0 Å². The number of carbonyl (C=O) groups is 2. The molecule has 2 aromatic rings. The number of hydrogen-bond donors (Lipinski definition) is 1. The molecule has 0 unspecified atom stereocenters. The van der Waals surface area contributed by atoms with Crippen molar-refractivity contribution in [2.45, 2.75) is 59.2 Å². The van der Waals surface area contributed by atoms with Gasteiger partial charge in [0.2, 0.25) is 21.8 Å². The first-order valence-electron chi connectivity index (χ1n) is 12.1. The fraction of sp³-hybridized carbons (Fsp3) is 0.481. The zero-order valence-corrected chi connectivity index (χ0v) is 23.8. The van der Waals surface area contributed by atoms with E-state index >= 15 is 0 Å². The standard InChI is InChI=1S/C27H39N3O6S/c1-9-22(26(32)28-27(3,4)5)29(17-20-13-11-10-12-19(20)2)25(31)18-30(37(8,33)34)21-14-15-23(35-6)24(16-21)36-7/h10-16,22H,9,17-18H2,1-8H3,(H,28,32)/t22-/m1/s1. The number of hydrogen-bond acceptors (Lipinski definition) is 6. The maximum Gasteiger partial charge on any atom is 0.244 e. The Morgan fingerprint density at radius 2 is 1.65 bits per heavy atom. The Morgan fingerprint density at radius 3 is 2.16 bits per heavy atom. The lowest BCUT2D eigenvalue weighted by atomic mass is 10.0. The average molecular weight is 534 g/mol. The van der Waals surface area contributed by atoms with Crippen molar-refractivity contribution < 1.29 is 27.5 Å². The zero-order chi connectivity index (χ0) is 28.0. The first kappa shape index (κ1) is 30.0. The van der Waals surface area contributed by atoms with Crippen LogP contribution in [-0.4, -0.2) is 63.7 Å². The Hall–Kier alpha value is -3.27. The van der Waals surface area contributed by atoms with E-state index in [2.05, 4.69) is 5.32 Å². The van der Waals surface area contributed by atoms with Crippen molar-refractivity contribution in [3.63, 3.8) is 0 Å². The molecule has 0 fully saturated rings. The van der Waals surface area contributed by atoms with Crippen LogP contribution in [0.1, 0.15) is 45.2 Å². The van der Waals surface area contributed by atoms with Crippen molar-refractivity contribution in [3.8, 4) is 11.5 Å². The van der Waals surface area contributed by atoms with Crippen LogP contribution in [0.25, 0.3) is 0 Å². The molecule has 0 saturated carbocycles. The topological polar surface area (TPSA) is 105 Å². The molecule has 0 heterocycles. The van der Waals surface area contributed by atoms with Gasteiger partial charge in [0.25, 0.3) is 0 Å². The Morgan fingerprint density at radius 1 is 1.03 bits per heavy atom. The van der Waals surface area contributed by atoms with E-state index in [0.29, 0.717) is 17.9 Å². The van der Waals surface area contributed by atoms with Gasteiger partial charge in [-0.3, -0.25) is 13.9 Å². The number of amides is 2. The first-order chi connectivity index (χ1) is 17.2. The number of methoxy groups -OCH3 is 2. The quantitative estimate of drug-likeness (QED) is 0.474. The number of nitrogens with one attached hydrogen (secondary N) is 1. The van der Waals surface area contributed by atoms with E-state index < -0.39 is 34.1 Å². The van der Waals surface area contributed by atoms with Crippen LogP contribution in [-0.2, 0) is 26.2 Å². The minimum absolute atomic E-state index is 0.158. The van der Waals surface area contributed by atoms with Crippen LogP contribution in [0.15, 0.2) is 42.5 Å². The van der Waals surface area contributed by atoms with Crippen molar-refractivity contribution in [2.75, 3.05) is 31.3 Å². The predicted octanol–water partition coefficient (Wildman–Crippen LogP) is 3.50.